The van der Waals surface area contributed by atoms with E-state index in [-0.39, 0.29) is 23.8 Å². The molecule has 0 heterocycles. The molecule has 2 rings (SSSR count). The maximum atomic E-state index is 11.9. The van der Waals surface area contributed by atoms with Gasteiger partial charge in [-0.25, -0.2) is 4.79 Å². The van der Waals surface area contributed by atoms with Gasteiger partial charge in [-0.1, -0.05) is 18.6 Å². The Morgan fingerprint density at radius 1 is 1.42 bits per heavy atom. The summed E-state index contributed by atoms with van der Waals surface area (Å²) in [7, 11) is 0. The van der Waals surface area contributed by atoms with Crippen molar-refractivity contribution in [3.8, 4) is 0 Å². The van der Waals surface area contributed by atoms with Gasteiger partial charge in [0.1, 0.15) is 0 Å². The Balaban J connectivity index is 1.92. The summed E-state index contributed by atoms with van der Waals surface area (Å²) in [5, 5.41) is 13.2. The number of nitrogens with two attached hydrogens (primary N) is 1. The van der Waals surface area contributed by atoms with Crippen molar-refractivity contribution in [2.24, 2.45) is 11.7 Å². The summed E-state index contributed by atoms with van der Waals surface area (Å²) in [6, 6.07) is 7.39. The van der Waals surface area contributed by atoms with Gasteiger partial charge in [0.2, 0.25) is 0 Å². The fourth-order valence-corrected chi connectivity index (χ4v) is 2.56. The van der Waals surface area contributed by atoms with E-state index < -0.39 is 0 Å². The molecule has 2 unspecified atom stereocenters. The summed E-state index contributed by atoms with van der Waals surface area (Å²) in [6.07, 6.45) is 2.76. The number of urea groups is 1. The Morgan fingerprint density at radius 2 is 2.21 bits per heavy atom. The third-order valence-electron chi connectivity index (χ3n) is 3.51. The minimum Gasteiger partial charge on any atom is -0.387 e. The molecule has 102 valence electrons. The summed E-state index contributed by atoms with van der Waals surface area (Å²) in [4.78, 5) is 11.9. The molecule has 0 saturated heterocycles. The predicted octanol–water partition coefficient (Wildman–Crippen LogP) is 2.22. The molecule has 0 bridgehead atoms. The van der Waals surface area contributed by atoms with Crippen molar-refractivity contribution in [3.05, 3.63) is 29.8 Å². The van der Waals surface area contributed by atoms with Crippen LogP contribution in [0.3, 0.4) is 0 Å². The standard InChI is InChI=1S/C14H20N4O/c1-9-4-2-5-10(8-9)17-14(19)18-12-7-3-6-11(12)13(15)16/h2,4-5,8,11-12H,3,6-7H2,1H3,(H3,15,16)(H2,17,18,19). The van der Waals surface area contributed by atoms with Crippen LogP contribution in [0, 0.1) is 18.3 Å². The van der Waals surface area contributed by atoms with E-state index in [1.807, 2.05) is 31.2 Å². The van der Waals surface area contributed by atoms with Gasteiger partial charge in [-0.3, -0.25) is 5.41 Å². The molecule has 1 aliphatic rings. The van der Waals surface area contributed by atoms with Gasteiger partial charge in [-0.15, -0.1) is 0 Å². The molecule has 1 aromatic carbocycles. The van der Waals surface area contributed by atoms with Crippen LogP contribution in [0.25, 0.3) is 0 Å². The second-order valence-electron chi connectivity index (χ2n) is 5.07. The summed E-state index contributed by atoms with van der Waals surface area (Å²) in [6.45, 7) is 1.98. The van der Waals surface area contributed by atoms with E-state index in [9.17, 15) is 4.79 Å². The molecule has 5 heteroatoms. The van der Waals surface area contributed by atoms with Crippen LogP contribution in [-0.2, 0) is 0 Å². The number of carbonyl (C=O) groups is 1. The first-order valence-electron chi connectivity index (χ1n) is 6.54. The van der Waals surface area contributed by atoms with Gasteiger partial charge < -0.3 is 16.4 Å². The van der Waals surface area contributed by atoms with Crippen LogP contribution >= 0.6 is 0 Å². The Morgan fingerprint density at radius 3 is 2.89 bits per heavy atom. The monoisotopic (exact) mass is 260 g/mol. The number of hydrogen-bond acceptors (Lipinski definition) is 2. The van der Waals surface area contributed by atoms with Crippen molar-refractivity contribution in [2.45, 2.75) is 32.2 Å². The van der Waals surface area contributed by atoms with E-state index in [4.69, 9.17) is 11.1 Å². The fourth-order valence-electron chi connectivity index (χ4n) is 2.56. The minimum absolute atomic E-state index is 0.0248. The van der Waals surface area contributed by atoms with Gasteiger partial charge in [0.15, 0.2) is 0 Å². The van der Waals surface area contributed by atoms with Crippen LogP contribution in [-0.4, -0.2) is 17.9 Å². The van der Waals surface area contributed by atoms with Crippen molar-refractivity contribution in [1.82, 2.24) is 5.32 Å². The van der Waals surface area contributed by atoms with Crippen LogP contribution in [0.1, 0.15) is 24.8 Å². The molecule has 1 fully saturated rings. The number of benzene rings is 1. The van der Waals surface area contributed by atoms with E-state index >= 15 is 0 Å². The van der Waals surface area contributed by atoms with Gasteiger partial charge in [0.05, 0.1) is 5.84 Å². The quantitative estimate of drug-likeness (QED) is 0.495. The molecule has 0 aliphatic heterocycles. The zero-order chi connectivity index (χ0) is 13.8. The third-order valence-corrected chi connectivity index (χ3v) is 3.51. The van der Waals surface area contributed by atoms with Crippen molar-refractivity contribution in [2.75, 3.05) is 5.32 Å². The first-order valence-corrected chi connectivity index (χ1v) is 6.54. The number of amides is 2. The number of carbonyl (C=O) groups excluding carboxylic acids is 1. The molecule has 2 amide bonds. The van der Waals surface area contributed by atoms with E-state index in [0.29, 0.717) is 0 Å². The molecule has 2 atom stereocenters. The molecule has 5 N–H and O–H groups in total. The normalized spacial score (nSPS) is 21.9. The number of aryl methyl sites for hydroxylation is 1. The van der Waals surface area contributed by atoms with Crippen molar-refractivity contribution >= 4 is 17.6 Å². The first kappa shape index (κ1) is 13.4. The van der Waals surface area contributed by atoms with E-state index in [1.54, 1.807) is 0 Å². The molecular weight excluding hydrogens is 240 g/mol. The lowest BCUT2D eigenvalue weighted by atomic mass is 10.0. The molecule has 0 aromatic heterocycles. The largest absolute Gasteiger partial charge is 0.387 e. The van der Waals surface area contributed by atoms with Gasteiger partial charge in [-0.05, 0) is 37.5 Å². The van der Waals surface area contributed by atoms with Crippen LogP contribution in [0.15, 0.2) is 24.3 Å². The smallest absolute Gasteiger partial charge is 0.319 e. The summed E-state index contributed by atoms with van der Waals surface area (Å²) in [5.41, 5.74) is 7.42. The maximum Gasteiger partial charge on any atom is 0.319 e. The van der Waals surface area contributed by atoms with E-state index in [2.05, 4.69) is 10.6 Å². The van der Waals surface area contributed by atoms with Crippen LogP contribution in [0.4, 0.5) is 10.5 Å². The van der Waals surface area contributed by atoms with E-state index in [1.165, 1.54) is 0 Å². The Kier molecular flexibility index (Phi) is 4.04. The highest BCUT2D eigenvalue weighted by Gasteiger charge is 2.30. The molecule has 0 spiro atoms. The first-order chi connectivity index (χ1) is 9.06. The van der Waals surface area contributed by atoms with Crippen molar-refractivity contribution < 1.29 is 4.79 Å². The number of rotatable bonds is 3. The van der Waals surface area contributed by atoms with Gasteiger partial charge in [-0.2, -0.15) is 0 Å². The lowest BCUT2D eigenvalue weighted by molar-refractivity contribution is 0.247. The van der Waals surface area contributed by atoms with Gasteiger partial charge in [0, 0.05) is 17.6 Å². The zero-order valence-electron chi connectivity index (χ0n) is 11.1. The average Bonchev–Trinajstić information content (AvgIpc) is 2.76. The SMILES string of the molecule is Cc1cccc(NC(=O)NC2CCCC2C(=N)N)c1. The molecule has 5 nitrogen and oxygen atoms in total. The highest BCUT2D eigenvalue weighted by molar-refractivity contribution is 5.90. The van der Waals surface area contributed by atoms with Crippen LogP contribution in [0.2, 0.25) is 0 Å². The minimum atomic E-state index is -0.233. The van der Waals surface area contributed by atoms with E-state index in [0.717, 1.165) is 30.5 Å². The second kappa shape index (κ2) is 5.73. The zero-order valence-corrected chi connectivity index (χ0v) is 11.1. The maximum absolute atomic E-state index is 11.9. The lowest BCUT2D eigenvalue weighted by Crippen LogP contribution is -2.43. The number of hydrogen-bond donors (Lipinski definition) is 4. The third kappa shape index (κ3) is 3.47. The molecule has 1 aromatic rings. The second-order valence-corrected chi connectivity index (χ2v) is 5.07. The Hall–Kier alpha value is -2.04. The molecule has 0 radical (unpaired) electrons. The highest BCUT2D eigenvalue weighted by atomic mass is 16.2. The molecule has 1 saturated carbocycles. The highest BCUT2D eigenvalue weighted by Crippen LogP contribution is 2.25. The summed E-state index contributed by atoms with van der Waals surface area (Å²) < 4.78 is 0. The van der Waals surface area contributed by atoms with Crippen LogP contribution < -0.4 is 16.4 Å². The van der Waals surface area contributed by atoms with Crippen molar-refractivity contribution in [1.29, 1.82) is 5.41 Å². The van der Waals surface area contributed by atoms with Crippen LogP contribution in [0.5, 0.6) is 0 Å². The number of amidine groups is 1. The predicted molar refractivity (Wildman–Crippen MR) is 76.4 cm³/mol. The van der Waals surface area contributed by atoms with Crippen molar-refractivity contribution in [3.63, 3.8) is 0 Å². The topological polar surface area (TPSA) is 91.0 Å². The Labute approximate surface area is 113 Å². The van der Waals surface area contributed by atoms with Gasteiger partial charge >= 0.3 is 6.03 Å². The molecule has 19 heavy (non-hydrogen) atoms. The van der Waals surface area contributed by atoms with Gasteiger partial charge in [0.25, 0.3) is 0 Å². The average molecular weight is 260 g/mol. The summed E-state index contributed by atoms with van der Waals surface area (Å²) >= 11 is 0. The summed E-state index contributed by atoms with van der Waals surface area (Å²) in [5.74, 6) is 0.140. The lowest BCUT2D eigenvalue weighted by Gasteiger charge is -2.20. The molecule has 1 aliphatic carbocycles. The Bertz CT molecular complexity index is 486. The number of anilines is 1. The fraction of sp³-hybridized carbons (Fsp3) is 0.429. The molecular formula is C14H20N4O. The number of nitrogens with one attached hydrogen (secondary N) is 3.